The summed E-state index contributed by atoms with van der Waals surface area (Å²) in [7, 11) is -1.21. The predicted octanol–water partition coefficient (Wildman–Crippen LogP) is 4.21. The summed E-state index contributed by atoms with van der Waals surface area (Å²) in [5.74, 6) is 0. The summed E-state index contributed by atoms with van der Waals surface area (Å²) in [6, 6.07) is 8.80. The quantitative estimate of drug-likeness (QED) is 0.449. The summed E-state index contributed by atoms with van der Waals surface area (Å²) in [5, 5.41) is 5.97. The van der Waals surface area contributed by atoms with Crippen molar-refractivity contribution in [2.24, 2.45) is 0 Å². The van der Waals surface area contributed by atoms with Crippen molar-refractivity contribution in [3.8, 4) is 0 Å². The van der Waals surface area contributed by atoms with Crippen molar-refractivity contribution in [3.63, 3.8) is 0 Å². The summed E-state index contributed by atoms with van der Waals surface area (Å²) in [5.41, 5.74) is 2.67. The lowest BCUT2D eigenvalue weighted by Gasteiger charge is -2.27. The second-order valence-corrected chi connectivity index (χ2v) is 8.53. The van der Waals surface area contributed by atoms with Crippen LogP contribution in [0.1, 0.15) is 52.2 Å². The van der Waals surface area contributed by atoms with E-state index in [1.165, 1.54) is 0 Å². The molecule has 0 bridgehead atoms. The maximum Gasteiger partial charge on any atom is 0.643 e. The van der Waals surface area contributed by atoms with Crippen LogP contribution in [0.5, 0.6) is 0 Å². The molecule has 6 heteroatoms. The minimum Gasteiger partial charge on any atom is -0.338 e. The van der Waals surface area contributed by atoms with Crippen LogP contribution in [0, 0.1) is 0 Å². The van der Waals surface area contributed by atoms with Crippen LogP contribution in [0.25, 0.3) is 5.57 Å². The van der Waals surface area contributed by atoms with Gasteiger partial charge in [0.2, 0.25) is 0 Å². The highest BCUT2D eigenvalue weighted by atomic mass is 28.3. The van der Waals surface area contributed by atoms with Gasteiger partial charge in [-0.1, -0.05) is 30.4 Å². The average Bonchev–Trinajstić information content (AvgIpc) is 2.58. The number of benzene rings is 1. The summed E-state index contributed by atoms with van der Waals surface area (Å²) >= 11 is 0. The molecule has 2 N–H and O–H groups in total. The largest absolute Gasteiger partial charge is 0.643 e. The molecule has 0 saturated heterocycles. The SMILES string of the molecule is C=C(C)c1cccc(C(C)(C)NC(=O)NCCC[Si+](OCC)OCC)c1. The Bertz CT molecular complexity index is 584. The first kappa shape index (κ1) is 22.4. The fourth-order valence-electron chi connectivity index (χ4n) is 2.52. The number of amides is 2. The molecule has 0 unspecified atom stereocenters. The van der Waals surface area contributed by atoms with E-state index in [1.807, 2.05) is 52.8 Å². The van der Waals surface area contributed by atoms with Crippen molar-refractivity contribution >= 4 is 20.9 Å². The van der Waals surface area contributed by atoms with Gasteiger partial charge in [-0.25, -0.2) is 13.6 Å². The molecule has 0 aliphatic heterocycles. The van der Waals surface area contributed by atoms with Crippen molar-refractivity contribution in [1.82, 2.24) is 10.6 Å². The first-order chi connectivity index (χ1) is 12.3. The first-order valence-electron chi connectivity index (χ1n) is 9.24. The number of hydrogen-bond acceptors (Lipinski definition) is 3. The Morgan fingerprint density at radius 1 is 1.23 bits per heavy atom. The van der Waals surface area contributed by atoms with Gasteiger partial charge in [-0.15, -0.1) is 0 Å². The Hall–Kier alpha value is -1.63. The maximum absolute atomic E-state index is 12.3. The number of nitrogens with one attached hydrogen (secondary N) is 2. The molecule has 5 nitrogen and oxygen atoms in total. The van der Waals surface area contributed by atoms with E-state index in [1.54, 1.807) is 0 Å². The molecule has 0 saturated carbocycles. The van der Waals surface area contributed by atoms with Crippen LogP contribution in [0.3, 0.4) is 0 Å². The van der Waals surface area contributed by atoms with E-state index in [2.05, 4.69) is 23.3 Å². The van der Waals surface area contributed by atoms with Crippen molar-refractivity contribution < 1.29 is 13.6 Å². The van der Waals surface area contributed by atoms with Crippen LogP contribution >= 0.6 is 0 Å². The molecule has 26 heavy (non-hydrogen) atoms. The monoisotopic (exact) mass is 377 g/mol. The number of allylic oxidation sites excluding steroid dienone is 1. The van der Waals surface area contributed by atoms with Gasteiger partial charge in [0, 0.05) is 6.54 Å². The average molecular weight is 378 g/mol. The van der Waals surface area contributed by atoms with Gasteiger partial charge in [0.05, 0.1) is 18.8 Å². The van der Waals surface area contributed by atoms with Crippen LogP contribution in [-0.4, -0.2) is 35.1 Å². The fourth-order valence-corrected chi connectivity index (χ4v) is 4.00. The predicted molar refractivity (Wildman–Crippen MR) is 109 cm³/mol. The molecule has 0 aliphatic carbocycles. The summed E-state index contributed by atoms with van der Waals surface area (Å²) in [6.45, 7) is 15.8. The Labute approximate surface area is 160 Å². The Morgan fingerprint density at radius 3 is 2.46 bits per heavy atom. The highest BCUT2D eigenvalue weighted by Gasteiger charge is 2.31. The number of carbonyl (C=O) groups is 1. The molecule has 0 fully saturated rings. The molecule has 1 aromatic carbocycles. The van der Waals surface area contributed by atoms with Crippen LogP contribution in [-0.2, 0) is 14.4 Å². The number of carbonyl (C=O) groups excluding carboxylic acids is 1. The third-order valence-electron chi connectivity index (χ3n) is 3.96. The summed E-state index contributed by atoms with van der Waals surface area (Å²) < 4.78 is 11.2. The standard InChI is InChI=1S/C20H32N2O3Si/c1-7-24-26(25-8-2)14-10-13-21-19(23)22-20(5,6)18-12-9-11-17(15-18)16(3)4/h9,11-12,15H,3,7-8,10,13-14H2,1-2,4-6H3,(H-,21,22,23)/p+1. The van der Waals surface area contributed by atoms with Gasteiger partial charge in [-0.05, 0) is 58.2 Å². The second-order valence-electron chi connectivity index (χ2n) is 6.71. The lowest BCUT2D eigenvalue weighted by molar-refractivity contribution is 0.212. The summed E-state index contributed by atoms with van der Waals surface area (Å²) in [6.07, 6.45) is 0.841. The van der Waals surface area contributed by atoms with E-state index >= 15 is 0 Å². The zero-order chi connectivity index (χ0) is 19.6. The molecule has 0 radical (unpaired) electrons. The molecule has 1 aromatic rings. The number of urea groups is 1. The third kappa shape index (κ3) is 7.72. The van der Waals surface area contributed by atoms with Crippen LogP contribution in [0.15, 0.2) is 30.8 Å². The Morgan fingerprint density at radius 2 is 1.88 bits per heavy atom. The van der Waals surface area contributed by atoms with Gasteiger partial charge < -0.3 is 10.6 Å². The van der Waals surface area contributed by atoms with Crippen molar-refractivity contribution in [2.75, 3.05) is 19.8 Å². The van der Waals surface area contributed by atoms with Crippen LogP contribution in [0.4, 0.5) is 4.79 Å². The number of hydrogen-bond donors (Lipinski definition) is 2. The topological polar surface area (TPSA) is 59.6 Å². The van der Waals surface area contributed by atoms with Crippen molar-refractivity contribution in [1.29, 1.82) is 0 Å². The normalized spacial score (nSPS) is 11.1. The lowest BCUT2D eigenvalue weighted by atomic mass is 9.92. The van der Waals surface area contributed by atoms with Gasteiger partial charge in [0.15, 0.2) is 0 Å². The van der Waals surface area contributed by atoms with Crippen LogP contribution in [0.2, 0.25) is 6.04 Å². The minimum absolute atomic E-state index is 0.169. The summed E-state index contributed by atoms with van der Waals surface area (Å²) in [4.78, 5) is 12.3. The molecule has 2 amide bonds. The maximum atomic E-state index is 12.3. The highest BCUT2D eigenvalue weighted by Crippen LogP contribution is 2.23. The number of rotatable bonds is 11. The fraction of sp³-hybridized carbons (Fsp3) is 0.550. The zero-order valence-electron chi connectivity index (χ0n) is 16.8. The van der Waals surface area contributed by atoms with Crippen molar-refractivity contribution in [3.05, 3.63) is 42.0 Å². The van der Waals surface area contributed by atoms with E-state index in [4.69, 9.17) is 8.85 Å². The smallest absolute Gasteiger partial charge is 0.338 e. The molecule has 0 spiro atoms. The van der Waals surface area contributed by atoms with Gasteiger partial charge in [-0.2, -0.15) is 0 Å². The van der Waals surface area contributed by atoms with E-state index in [9.17, 15) is 4.79 Å². The minimum atomic E-state index is -1.21. The third-order valence-corrected chi connectivity index (χ3v) is 5.94. The second kappa shape index (κ2) is 11.2. The van der Waals surface area contributed by atoms with Crippen LogP contribution < -0.4 is 10.6 Å². The molecule has 0 aromatic heterocycles. The molecule has 0 atom stereocenters. The van der Waals surface area contributed by atoms with Crippen molar-refractivity contribution in [2.45, 2.75) is 52.6 Å². The highest BCUT2D eigenvalue weighted by molar-refractivity contribution is 6.44. The van der Waals surface area contributed by atoms with E-state index < -0.39 is 14.8 Å². The van der Waals surface area contributed by atoms with Gasteiger partial charge in [0.1, 0.15) is 6.04 Å². The van der Waals surface area contributed by atoms with E-state index in [0.717, 1.165) is 29.2 Å². The molecule has 0 heterocycles. The Kier molecular flexibility index (Phi) is 9.62. The first-order valence-corrected chi connectivity index (χ1v) is 10.8. The molecular weight excluding hydrogens is 344 g/mol. The van der Waals surface area contributed by atoms with Gasteiger partial charge in [-0.3, -0.25) is 0 Å². The van der Waals surface area contributed by atoms with Gasteiger partial charge in [0.25, 0.3) is 0 Å². The molecular formula is C20H33N2O3Si+. The molecule has 1 rings (SSSR count). The lowest BCUT2D eigenvalue weighted by Crippen LogP contribution is -2.46. The molecule has 144 valence electrons. The Balaban J connectivity index is 2.48. The molecule has 0 aliphatic rings. The van der Waals surface area contributed by atoms with E-state index in [-0.39, 0.29) is 6.03 Å². The van der Waals surface area contributed by atoms with E-state index in [0.29, 0.717) is 19.8 Å². The zero-order valence-corrected chi connectivity index (χ0v) is 17.8. The van der Waals surface area contributed by atoms with Gasteiger partial charge >= 0.3 is 15.3 Å².